The third kappa shape index (κ3) is 4.42. The fourth-order valence-corrected chi connectivity index (χ4v) is 1.45. The van der Waals surface area contributed by atoms with Crippen molar-refractivity contribution in [2.24, 2.45) is 0 Å². The maximum absolute atomic E-state index is 10.5. The molecule has 102 valence electrons. The second-order valence-electron chi connectivity index (χ2n) is 3.77. The van der Waals surface area contributed by atoms with Gasteiger partial charge < -0.3 is 10.2 Å². The zero-order valence-corrected chi connectivity index (χ0v) is 10.7. The Bertz CT molecular complexity index is 570. The number of hydrogen-bond donors (Lipinski definition) is 2. The molecule has 0 heterocycles. The normalized spacial score (nSPS) is 9.00. The minimum absolute atomic E-state index is 0.190. The van der Waals surface area contributed by atoms with E-state index in [1.165, 1.54) is 29.8 Å². The Hall–Kier alpha value is -2.88. The summed E-state index contributed by atoms with van der Waals surface area (Å²) >= 11 is 0. The van der Waals surface area contributed by atoms with E-state index in [9.17, 15) is 9.59 Å². The molecular formula is C16H14O4. The van der Waals surface area contributed by atoms with Crippen LogP contribution in [0.5, 0.6) is 0 Å². The van der Waals surface area contributed by atoms with Gasteiger partial charge in [-0.25, -0.2) is 9.59 Å². The van der Waals surface area contributed by atoms with E-state index in [1.54, 1.807) is 0 Å². The van der Waals surface area contributed by atoms with Gasteiger partial charge in [0.25, 0.3) is 0 Å². The van der Waals surface area contributed by atoms with Crippen molar-refractivity contribution in [3.63, 3.8) is 0 Å². The Morgan fingerprint density at radius 2 is 1.20 bits per heavy atom. The lowest BCUT2D eigenvalue weighted by Crippen LogP contribution is -2.06. The molecule has 0 spiro atoms. The van der Waals surface area contributed by atoms with Crippen LogP contribution in [-0.4, -0.2) is 22.2 Å². The number of carboxylic acid groups (broad SMARTS) is 2. The quantitative estimate of drug-likeness (QED) is 0.896. The molecule has 0 radical (unpaired) electrons. The maximum atomic E-state index is 10.5. The molecule has 0 saturated carbocycles. The fourth-order valence-electron chi connectivity index (χ4n) is 1.45. The van der Waals surface area contributed by atoms with Gasteiger partial charge in [0.05, 0.1) is 11.1 Å². The number of benzene rings is 2. The molecule has 0 amide bonds. The van der Waals surface area contributed by atoms with Gasteiger partial charge in [-0.15, -0.1) is 0 Å². The molecule has 2 aromatic rings. The molecule has 0 unspecified atom stereocenters. The molecule has 0 aliphatic heterocycles. The van der Waals surface area contributed by atoms with E-state index in [4.69, 9.17) is 10.2 Å². The summed E-state index contributed by atoms with van der Waals surface area (Å²) in [5.41, 5.74) is 0.794. The van der Waals surface area contributed by atoms with Gasteiger partial charge in [0.1, 0.15) is 0 Å². The molecule has 2 N–H and O–H groups in total. The summed E-state index contributed by atoms with van der Waals surface area (Å²) in [5.74, 6) is -2.46. The van der Waals surface area contributed by atoms with Crippen molar-refractivity contribution < 1.29 is 19.8 Å². The zero-order chi connectivity index (χ0) is 15.0. The van der Waals surface area contributed by atoms with Crippen LogP contribution in [0.4, 0.5) is 0 Å². The highest BCUT2D eigenvalue weighted by molar-refractivity contribution is 6.01. The van der Waals surface area contributed by atoms with Crippen LogP contribution in [0.15, 0.2) is 61.2 Å². The molecule has 2 aromatic carbocycles. The largest absolute Gasteiger partial charge is 0.478 e. The Morgan fingerprint density at radius 3 is 1.50 bits per heavy atom. The van der Waals surface area contributed by atoms with E-state index < -0.39 is 11.9 Å². The smallest absolute Gasteiger partial charge is 0.336 e. The average molecular weight is 270 g/mol. The van der Waals surface area contributed by atoms with E-state index >= 15 is 0 Å². The van der Waals surface area contributed by atoms with Gasteiger partial charge in [-0.05, 0) is 17.7 Å². The maximum Gasteiger partial charge on any atom is 0.336 e. The first-order valence-electron chi connectivity index (χ1n) is 5.79. The lowest BCUT2D eigenvalue weighted by Gasteiger charge is -1.98. The first-order chi connectivity index (χ1) is 9.56. The highest BCUT2D eigenvalue weighted by Crippen LogP contribution is 2.07. The number of hydrogen-bond acceptors (Lipinski definition) is 2. The number of rotatable bonds is 3. The van der Waals surface area contributed by atoms with Gasteiger partial charge in [-0.3, -0.25) is 0 Å². The predicted molar refractivity (Wildman–Crippen MR) is 76.9 cm³/mol. The highest BCUT2D eigenvalue weighted by atomic mass is 16.4. The lowest BCUT2D eigenvalue weighted by atomic mass is 10.1. The molecule has 4 heteroatoms. The molecule has 0 aliphatic carbocycles. The Labute approximate surface area is 116 Å². The third-order valence-electron chi connectivity index (χ3n) is 2.42. The van der Waals surface area contributed by atoms with Crippen molar-refractivity contribution >= 4 is 18.0 Å². The van der Waals surface area contributed by atoms with Gasteiger partial charge in [-0.2, -0.15) is 0 Å². The van der Waals surface area contributed by atoms with Gasteiger partial charge in [0.15, 0.2) is 0 Å². The van der Waals surface area contributed by atoms with Crippen LogP contribution in [0.3, 0.4) is 0 Å². The van der Waals surface area contributed by atoms with E-state index in [2.05, 4.69) is 6.58 Å². The summed E-state index contributed by atoms with van der Waals surface area (Å²) in [6.45, 7) is 3.63. The van der Waals surface area contributed by atoms with Gasteiger partial charge in [0.2, 0.25) is 0 Å². The van der Waals surface area contributed by atoms with E-state index in [-0.39, 0.29) is 11.1 Å². The van der Waals surface area contributed by atoms with Crippen molar-refractivity contribution in [1.29, 1.82) is 0 Å². The van der Waals surface area contributed by atoms with Crippen molar-refractivity contribution in [3.8, 4) is 0 Å². The van der Waals surface area contributed by atoms with Crippen LogP contribution >= 0.6 is 0 Å². The standard InChI is InChI=1S/C8H6O4.C8H8/c9-7(10)5-3-1-2-4-6(5)8(11)12;1-2-8-6-4-3-5-7-8/h1-4H,(H,9,10)(H,11,12);2-7H,1H2. The summed E-state index contributed by atoms with van der Waals surface area (Å²) in [7, 11) is 0. The third-order valence-corrected chi connectivity index (χ3v) is 2.42. The summed E-state index contributed by atoms with van der Waals surface area (Å²) in [6.07, 6.45) is 1.83. The van der Waals surface area contributed by atoms with Crippen LogP contribution in [0.1, 0.15) is 26.3 Å². The molecule has 0 aliphatic rings. The molecule has 0 saturated heterocycles. The van der Waals surface area contributed by atoms with Gasteiger partial charge in [-0.1, -0.05) is 55.1 Å². The first kappa shape index (κ1) is 15.2. The van der Waals surface area contributed by atoms with Crippen molar-refractivity contribution in [2.45, 2.75) is 0 Å². The predicted octanol–water partition coefficient (Wildman–Crippen LogP) is 3.41. The topological polar surface area (TPSA) is 74.6 Å². The fraction of sp³-hybridized carbons (Fsp3) is 0. The molecule has 0 atom stereocenters. The minimum Gasteiger partial charge on any atom is -0.478 e. The molecule has 0 bridgehead atoms. The van der Waals surface area contributed by atoms with Crippen LogP contribution < -0.4 is 0 Å². The van der Waals surface area contributed by atoms with E-state index in [0.717, 1.165) is 0 Å². The number of aromatic carboxylic acids is 2. The second-order valence-corrected chi connectivity index (χ2v) is 3.77. The first-order valence-corrected chi connectivity index (χ1v) is 5.79. The monoisotopic (exact) mass is 270 g/mol. The van der Waals surface area contributed by atoms with E-state index in [1.807, 2.05) is 36.4 Å². The highest BCUT2D eigenvalue weighted by Gasteiger charge is 2.13. The van der Waals surface area contributed by atoms with Crippen molar-refractivity contribution in [3.05, 3.63) is 77.9 Å². The second kappa shape index (κ2) is 7.53. The van der Waals surface area contributed by atoms with Crippen molar-refractivity contribution in [2.75, 3.05) is 0 Å². The van der Waals surface area contributed by atoms with Crippen LogP contribution in [0, 0.1) is 0 Å². The Kier molecular flexibility index (Phi) is 5.72. The summed E-state index contributed by atoms with van der Waals surface area (Å²) in [6, 6.07) is 15.5. The lowest BCUT2D eigenvalue weighted by molar-refractivity contribution is 0.0651. The van der Waals surface area contributed by atoms with E-state index in [0.29, 0.717) is 0 Å². The molecule has 2 rings (SSSR count). The summed E-state index contributed by atoms with van der Waals surface area (Å²) in [5, 5.41) is 17.1. The molecular weight excluding hydrogens is 256 g/mol. The van der Waals surface area contributed by atoms with Gasteiger partial charge in [0, 0.05) is 0 Å². The zero-order valence-electron chi connectivity index (χ0n) is 10.7. The summed E-state index contributed by atoms with van der Waals surface area (Å²) in [4.78, 5) is 20.9. The van der Waals surface area contributed by atoms with Crippen molar-refractivity contribution in [1.82, 2.24) is 0 Å². The Morgan fingerprint density at radius 1 is 0.800 bits per heavy atom. The summed E-state index contributed by atoms with van der Waals surface area (Å²) < 4.78 is 0. The molecule has 0 aromatic heterocycles. The van der Waals surface area contributed by atoms with Crippen LogP contribution in [0.25, 0.3) is 6.08 Å². The Balaban J connectivity index is 0.000000217. The SMILES string of the molecule is C=Cc1ccccc1.O=C(O)c1ccccc1C(=O)O. The minimum atomic E-state index is -1.23. The van der Waals surface area contributed by atoms with Crippen LogP contribution in [-0.2, 0) is 0 Å². The number of carboxylic acids is 2. The average Bonchev–Trinajstić information content (AvgIpc) is 2.48. The molecule has 0 fully saturated rings. The molecule has 20 heavy (non-hydrogen) atoms. The number of carbonyl (C=O) groups is 2. The van der Waals surface area contributed by atoms with Crippen LogP contribution in [0.2, 0.25) is 0 Å². The molecule has 4 nitrogen and oxygen atoms in total. The van der Waals surface area contributed by atoms with Gasteiger partial charge >= 0.3 is 11.9 Å².